The molecule has 2 aromatic rings. The van der Waals surface area contributed by atoms with E-state index in [2.05, 4.69) is 10.1 Å². The van der Waals surface area contributed by atoms with Gasteiger partial charge in [-0.1, -0.05) is 30.8 Å². The second kappa shape index (κ2) is 5.53. The quantitative estimate of drug-likeness (QED) is 0.646. The molecule has 1 aliphatic rings. The first kappa shape index (κ1) is 13.0. The Bertz CT molecular complexity index is 587. The fourth-order valence-corrected chi connectivity index (χ4v) is 2.71. The van der Waals surface area contributed by atoms with E-state index >= 15 is 0 Å². The highest BCUT2D eigenvalue weighted by atomic mass is 16.5. The maximum Gasteiger partial charge on any atom is 0.258 e. The number of nitrogens with zero attached hydrogens (tertiary/aromatic N) is 2. The van der Waals surface area contributed by atoms with E-state index < -0.39 is 0 Å². The van der Waals surface area contributed by atoms with Gasteiger partial charge in [0.1, 0.15) is 0 Å². The van der Waals surface area contributed by atoms with Crippen molar-refractivity contribution < 1.29 is 14.7 Å². The molecule has 1 aromatic heterocycles. The van der Waals surface area contributed by atoms with Crippen LogP contribution in [0.15, 0.2) is 22.7 Å². The maximum absolute atomic E-state index is 9.51. The molecule has 1 aromatic carbocycles. The van der Waals surface area contributed by atoms with Gasteiger partial charge in [-0.3, -0.25) is 0 Å². The smallest absolute Gasteiger partial charge is 0.258 e. The molecule has 1 heterocycles. The Labute approximate surface area is 117 Å². The lowest BCUT2D eigenvalue weighted by Gasteiger charge is -2.07. The zero-order chi connectivity index (χ0) is 13.9. The predicted molar refractivity (Wildman–Crippen MR) is 73.5 cm³/mol. The molecule has 0 saturated heterocycles. The summed E-state index contributed by atoms with van der Waals surface area (Å²) >= 11 is 0. The normalized spacial score (nSPS) is 17.0. The summed E-state index contributed by atoms with van der Waals surface area (Å²) in [5, 5.41) is 22.9. The van der Waals surface area contributed by atoms with Crippen molar-refractivity contribution in [1.82, 2.24) is 10.1 Å². The fraction of sp³-hybridized carbons (Fsp3) is 0.467. The van der Waals surface area contributed by atoms with Crippen molar-refractivity contribution in [3.63, 3.8) is 0 Å². The summed E-state index contributed by atoms with van der Waals surface area (Å²) < 4.78 is 5.29. The van der Waals surface area contributed by atoms with Gasteiger partial charge in [0.2, 0.25) is 0 Å². The zero-order valence-electron chi connectivity index (χ0n) is 11.2. The molecule has 20 heavy (non-hydrogen) atoms. The van der Waals surface area contributed by atoms with E-state index in [4.69, 9.17) is 4.52 Å². The molecule has 0 atom stereocenters. The SMILES string of the molecule is Oc1ccc(-c2nc(C3CCCCCC3)no2)cc1O. The molecular weight excluding hydrogens is 256 g/mol. The van der Waals surface area contributed by atoms with Crippen LogP contribution in [0.25, 0.3) is 11.5 Å². The van der Waals surface area contributed by atoms with E-state index in [1.807, 2.05) is 0 Å². The lowest BCUT2D eigenvalue weighted by molar-refractivity contribution is 0.400. The number of benzene rings is 1. The molecule has 5 heteroatoms. The summed E-state index contributed by atoms with van der Waals surface area (Å²) in [4.78, 5) is 4.45. The number of hydrogen-bond donors (Lipinski definition) is 2. The van der Waals surface area contributed by atoms with Crippen molar-refractivity contribution in [3.05, 3.63) is 24.0 Å². The van der Waals surface area contributed by atoms with Gasteiger partial charge < -0.3 is 14.7 Å². The van der Waals surface area contributed by atoms with Crippen LogP contribution >= 0.6 is 0 Å². The summed E-state index contributed by atoms with van der Waals surface area (Å²) in [5.41, 5.74) is 0.618. The van der Waals surface area contributed by atoms with Crippen LogP contribution in [0.1, 0.15) is 50.3 Å². The topological polar surface area (TPSA) is 79.4 Å². The molecule has 1 aliphatic carbocycles. The number of phenolic OH excluding ortho intramolecular Hbond substituents is 2. The lowest BCUT2D eigenvalue weighted by Crippen LogP contribution is -1.99. The Kier molecular flexibility index (Phi) is 3.58. The third-order valence-electron chi connectivity index (χ3n) is 3.88. The Hall–Kier alpha value is -2.04. The Morgan fingerprint density at radius 2 is 1.75 bits per heavy atom. The number of hydrogen-bond acceptors (Lipinski definition) is 5. The second-order valence-corrected chi connectivity index (χ2v) is 5.35. The van der Waals surface area contributed by atoms with E-state index in [0.717, 1.165) is 18.7 Å². The molecule has 5 nitrogen and oxygen atoms in total. The van der Waals surface area contributed by atoms with Gasteiger partial charge in [-0.05, 0) is 31.0 Å². The highest BCUT2D eigenvalue weighted by Gasteiger charge is 2.20. The van der Waals surface area contributed by atoms with Gasteiger partial charge in [-0.2, -0.15) is 4.98 Å². The van der Waals surface area contributed by atoms with E-state index in [-0.39, 0.29) is 11.5 Å². The van der Waals surface area contributed by atoms with Crippen LogP contribution in [0, 0.1) is 0 Å². The van der Waals surface area contributed by atoms with Gasteiger partial charge in [-0.15, -0.1) is 0 Å². The van der Waals surface area contributed by atoms with E-state index in [1.165, 1.54) is 37.8 Å². The number of aromatic hydroxyl groups is 2. The Balaban J connectivity index is 1.83. The van der Waals surface area contributed by atoms with Gasteiger partial charge in [-0.25, -0.2) is 0 Å². The van der Waals surface area contributed by atoms with Crippen LogP contribution in [-0.2, 0) is 0 Å². The van der Waals surface area contributed by atoms with Crippen molar-refractivity contribution in [1.29, 1.82) is 0 Å². The summed E-state index contributed by atoms with van der Waals surface area (Å²) in [7, 11) is 0. The molecule has 0 amide bonds. The van der Waals surface area contributed by atoms with E-state index in [1.54, 1.807) is 6.07 Å². The van der Waals surface area contributed by atoms with Crippen molar-refractivity contribution in [2.75, 3.05) is 0 Å². The standard InChI is InChI=1S/C15H18N2O3/c18-12-8-7-11(9-13(12)19)15-16-14(17-20-15)10-5-3-1-2-4-6-10/h7-10,18-19H,1-6H2. The van der Waals surface area contributed by atoms with Gasteiger partial charge in [0.15, 0.2) is 17.3 Å². The number of rotatable bonds is 2. The van der Waals surface area contributed by atoms with Gasteiger partial charge >= 0.3 is 0 Å². The first-order valence-electron chi connectivity index (χ1n) is 7.10. The van der Waals surface area contributed by atoms with Crippen molar-refractivity contribution >= 4 is 0 Å². The number of phenols is 2. The summed E-state index contributed by atoms with van der Waals surface area (Å²) in [6.07, 6.45) is 7.22. The van der Waals surface area contributed by atoms with Crippen molar-refractivity contribution in [2.24, 2.45) is 0 Å². The zero-order valence-corrected chi connectivity index (χ0v) is 11.2. The summed E-state index contributed by atoms with van der Waals surface area (Å²) in [5.74, 6) is 1.18. The van der Waals surface area contributed by atoms with Crippen LogP contribution < -0.4 is 0 Å². The molecule has 106 valence electrons. The van der Waals surface area contributed by atoms with Gasteiger partial charge in [0.05, 0.1) is 0 Å². The molecule has 0 aliphatic heterocycles. The van der Waals surface area contributed by atoms with Crippen molar-refractivity contribution in [3.8, 4) is 23.0 Å². The Morgan fingerprint density at radius 1 is 1.00 bits per heavy atom. The predicted octanol–water partition coefficient (Wildman–Crippen LogP) is 3.59. The number of aromatic nitrogens is 2. The molecule has 3 rings (SSSR count). The van der Waals surface area contributed by atoms with Crippen LogP contribution in [0.5, 0.6) is 11.5 Å². The maximum atomic E-state index is 9.51. The van der Waals surface area contributed by atoms with Crippen LogP contribution in [0.3, 0.4) is 0 Å². The van der Waals surface area contributed by atoms with Crippen LogP contribution in [-0.4, -0.2) is 20.4 Å². The third-order valence-corrected chi connectivity index (χ3v) is 3.88. The first-order valence-corrected chi connectivity index (χ1v) is 7.10. The highest BCUT2D eigenvalue weighted by Crippen LogP contribution is 2.33. The van der Waals surface area contributed by atoms with Crippen molar-refractivity contribution in [2.45, 2.75) is 44.4 Å². The van der Waals surface area contributed by atoms with Crippen LogP contribution in [0.2, 0.25) is 0 Å². The average Bonchev–Trinajstić information content (AvgIpc) is 2.78. The Morgan fingerprint density at radius 3 is 2.45 bits per heavy atom. The fourth-order valence-electron chi connectivity index (χ4n) is 2.71. The summed E-state index contributed by atoms with van der Waals surface area (Å²) in [6, 6.07) is 4.50. The minimum Gasteiger partial charge on any atom is -0.504 e. The molecule has 1 fully saturated rings. The highest BCUT2D eigenvalue weighted by molar-refractivity contribution is 5.58. The largest absolute Gasteiger partial charge is 0.504 e. The molecule has 1 saturated carbocycles. The molecular formula is C15H18N2O3. The molecule has 0 unspecified atom stereocenters. The average molecular weight is 274 g/mol. The van der Waals surface area contributed by atoms with Crippen LogP contribution in [0.4, 0.5) is 0 Å². The monoisotopic (exact) mass is 274 g/mol. The minimum absolute atomic E-state index is 0.155. The summed E-state index contributed by atoms with van der Waals surface area (Å²) in [6.45, 7) is 0. The third kappa shape index (κ3) is 2.61. The minimum atomic E-state index is -0.184. The molecule has 2 N–H and O–H groups in total. The molecule has 0 radical (unpaired) electrons. The van der Waals surface area contributed by atoms with E-state index in [0.29, 0.717) is 17.4 Å². The van der Waals surface area contributed by atoms with Gasteiger partial charge in [0, 0.05) is 11.5 Å². The first-order chi connectivity index (χ1) is 9.74. The van der Waals surface area contributed by atoms with E-state index in [9.17, 15) is 10.2 Å². The molecule has 0 bridgehead atoms. The lowest BCUT2D eigenvalue weighted by atomic mass is 10.00. The second-order valence-electron chi connectivity index (χ2n) is 5.35. The van der Waals surface area contributed by atoms with Gasteiger partial charge in [0.25, 0.3) is 5.89 Å². The molecule has 0 spiro atoms.